The monoisotopic (exact) mass is 479 g/mol. The number of nitrogens with one attached hydrogen (secondary N) is 2. The lowest BCUT2D eigenvalue weighted by Gasteiger charge is -2.27. The van der Waals surface area contributed by atoms with Crippen LogP contribution in [0.15, 0.2) is 24.2 Å². The molecule has 1 aliphatic rings. The van der Waals surface area contributed by atoms with Crippen molar-refractivity contribution >= 4 is 23.2 Å². The molecule has 0 aliphatic heterocycles. The Balaban J connectivity index is 2.05. The van der Waals surface area contributed by atoms with E-state index in [1.165, 1.54) is 6.07 Å². The van der Waals surface area contributed by atoms with Crippen LogP contribution in [0.5, 0.6) is 0 Å². The van der Waals surface area contributed by atoms with Crippen LogP contribution in [-0.4, -0.2) is 42.6 Å². The van der Waals surface area contributed by atoms with Crippen LogP contribution in [0, 0.1) is 0 Å². The number of hydrogen-bond donors (Lipinski definition) is 3. The molecule has 0 aromatic carbocycles. The molecule has 0 fully saturated rings. The molecule has 2 heterocycles. The number of halogens is 6. The molecule has 0 amide bonds. The van der Waals surface area contributed by atoms with Crippen LogP contribution in [0.3, 0.4) is 0 Å². The molecular weight excluding hydrogens is 458 g/mol. The summed E-state index contributed by atoms with van der Waals surface area (Å²) < 4.78 is 88.7. The number of pyridine rings is 1. The van der Waals surface area contributed by atoms with Gasteiger partial charge in [-0.05, 0) is 39.3 Å². The van der Waals surface area contributed by atoms with Crippen LogP contribution in [0.2, 0.25) is 0 Å². The Bertz CT molecular complexity index is 1100. The average molecular weight is 479 g/mol. The highest BCUT2D eigenvalue weighted by Crippen LogP contribution is 2.41. The minimum Gasteiger partial charge on any atom is -0.380 e. The van der Waals surface area contributed by atoms with Crippen molar-refractivity contribution in [2.24, 2.45) is 0 Å². The van der Waals surface area contributed by atoms with Crippen molar-refractivity contribution in [3.63, 3.8) is 0 Å². The molecule has 0 bridgehead atoms. The van der Waals surface area contributed by atoms with Crippen LogP contribution in [0.1, 0.15) is 46.5 Å². The number of aromatic nitrogens is 4. The van der Waals surface area contributed by atoms with Crippen molar-refractivity contribution in [3.05, 3.63) is 35.7 Å². The van der Waals surface area contributed by atoms with Gasteiger partial charge in [0.1, 0.15) is 11.5 Å². The third-order valence-electron chi connectivity index (χ3n) is 4.17. The van der Waals surface area contributed by atoms with Gasteiger partial charge in [0.15, 0.2) is 11.9 Å². The third-order valence-corrected chi connectivity index (χ3v) is 4.17. The summed E-state index contributed by atoms with van der Waals surface area (Å²) in [5.41, 5.74) is -0.302. The van der Waals surface area contributed by atoms with Gasteiger partial charge in [-0.15, -0.1) is 0 Å². The molecule has 1 aliphatic carbocycles. The van der Waals surface area contributed by atoms with Gasteiger partial charge in [-0.3, -0.25) is 9.82 Å². The summed E-state index contributed by atoms with van der Waals surface area (Å²) in [4.78, 5) is 20.3. The van der Waals surface area contributed by atoms with E-state index in [1.807, 2.05) is 0 Å². The van der Waals surface area contributed by atoms with Gasteiger partial charge >= 0.3 is 6.18 Å². The summed E-state index contributed by atoms with van der Waals surface area (Å²) in [7, 11) is 0. The molecule has 33 heavy (non-hydrogen) atoms. The number of aliphatic hydroxyl groups is 1. The van der Waals surface area contributed by atoms with Crippen LogP contribution in [-0.2, 0) is 11.0 Å². The molecular formula is C19H20F6N6O2. The minimum atomic E-state index is -4.73. The Kier molecular flexibility index (Phi) is 6.14. The maximum atomic E-state index is 14.7. The molecule has 180 valence electrons. The highest BCUT2D eigenvalue weighted by molar-refractivity contribution is 5.66. The van der Waals surface area contributed by atoms with Crippen molar-refractivity contribution in [2.75, 3.05) is 10.8 Å². The fourth-order valence-corrected chi connectivity index (χ4v) is 2.63. The van der Waals surface area contributed by atoms with E-state index in [0.29, 0.717) is 6.07 Å². The Labute approximate surface area is 185 Å². The van der Waals surface area contributed by atoms with Crippen LogP contribution in [0.25, 0.3) is 5.57 Å². The van der Waals surface area contributed by atoms with E-state index in [9.17, 15) is 31.4 Å². The fraction of sp³-hybridized carbons (Fsp3) is 0.474. The largest absolute Gasteiger partial charge is 0.433 e. The second-order valence-electron chi connectivity index (χ2n) is 8.02. The standard InChI is InChI=1S/C19H20F6N6O2/c1-17(2,3)33-31-16-29-14(10-4-6-18(21,22)13(32)12(10)20)28-15(30-16)27-9-5-7-26-11(8-9)19(23,24)25/h5,7-8,13,32H,4,6H2,1-3H3,(H2,26,27,28,29,30,31)/t13-/m1/s1/i13D. The van der Waals surface area contributed by atoms with Gasteiger partial charge in [-0.2, -0.15) is 28.1 Å². The second-order valence-corrected chi connectivity index (χ2v) is 8.02. The minimum absolute atomic E-state index is 0.135. The quantitative estimate of drug-likeness (QED) is 0.421. The molecule has 3 N–H and O–H groups in total. The lowest BCUT2D eigenvalue weighted by molar-refractivity contribution is -0.141. The molecule has 0 saturated carbocycles. The summed E-state index contributed by atoms with van der Waals surface area (Å²) in [6, 6.07) is 1.85. The van der Waals surface area contributed by atoms with E-state index in [0.717, 1.165) is 6.20 Å². The number of allylic oxidation sites excluding steroid dienone is 1. The smallest absolute Gasteiger partial charge is 0.380 e. The van der Waals surface area contributed by atoms with E-state index < -0.39 is 65.5 Å². The number of nitrogens with zero attached hydrogens (tertiary/aromatic N) is 4. The molecule has 0 unspecified atom stereocenters. The number of rotatable bonds is 5. The molecule has 0 radical (unpaired) electrons. The van der Waals surface area contributed by atoms with Gasteiger partial charge < -0.3 is 10.4 Å². The van der Waals surface area contributed by atoms with Crippen molar-refractivity contribution in [1.29, 1.82) is 0 Å². The Morgan fingerprint density at radius 2 is 1.85 bits per heavy atom. The zero-order valence-electron chi connectivity index (χ0n) is 18.6. The molecule has 8 nitrogen and oxygen atoms in total. The molecule has 2 aromatic heterocycles. The summed E-state index contributed by atoms with van der Waals surface area (Å²) in [6.07, 6.45) is -9.37. The lowest BCUT2D eigenvalue weighted by Crippen LogP contribution is -2.37. The van der Waals surface area contributed by atoms with Gasteiger partial charge in [0.05, 0.1) is 6.97 Å². The SMILES string of the molecule is [2H][C@@]1(O)C(F)=C(c2nc(NOC(C)(C)C)nc(Nc3ccnc(C(F)(F)F)c3)n2)CCC1(F)F. The molecule has 0 saturated heterocycles. The predicted octanol–water partition coefficient (Wildman–Crippen LogP) is 4.64. The highest BCUT2D eigenvalue weighted by atomic mass is 19.4. The van der Waals surface area contributed by atoms with E-state index in [-0.39, 0.29) is 11.6 Å². The Morgan fingerprint density at radius 1 is 1.18 bits per heavy atom. The molecule has 2 aromatic rings. The van der Waals surface area contributed by atoms with E-state index in [2.05, 4.69) is 30.7 Å². The lowest BCUT2D eigenvalue weighted by atomic mass is 9.92. The van der Waals surface area contributed by atoms with Gasteiger partial charge in [0.25, 0.3) is 11.9 Å². The number of anilines is 3. The first-order chi connectivity index (χ1) is 15.5. The summed E-state index contributed by atoms with van der Waals surface area (Å²) in [5.74, 6) is -7.17. The maximum Gasteiger partial charge on any atom is 0.433 e. The van der Waals surface area contributed by atoms with Gasteiger partial charge in [-0.25, -0.2) is 18.7 Å². The van der Waals surface area contributed by atoms with Crippen molar-refractivity contribution in [2.45, 2.75) is 57.4 Å². The normalized spacial score (nSPS) is 21.6. The molecule has 0 spiro atoms. The zero-order chi connectivity index (χ0) is 25.5. The van der Waals surface area contributed by atoms with E-state index in [4.69, 9.17) is 6.21 Å². The summed E-state index contributed by atoms with van der Waals surface area (Å²) >= 11 is 0. The third kappa shape index (κ3) is 6.07. The topological polar surface area (TPSA) is 105 Å². The fourth-order valence-electron chi connectivity index (χ4n) is 2.63. The average Bonchev–Trinajstić information content (AvgIpc) is 2.70. The van der Waals surface area contributed by atoms with E-state index in [1.54, 1.807) is 20.8 Å². The van der Waals surface area contributed by atoms with Crippen LogP contribution < -0.4 is 10.8 Å². The first-order valence-corrected chi connectivity index (χ1v) is 9.50. The van der Waals surface area contributed by atoms with Crippen molar-refractivity contribution in [3.8, 4) is 0 Å². The van der Waals surface area contributed by atoms with Crippen LogP contribution in [0.4, 0.5) is 43.9 Å². The summed E-state index contributed by atoms with van der Waals surface area (Å²) in [6.45, 7) is 5.01. The molecule has 14 heteroatoms. The zero-order valence-corrected chi connectivity index (χ0v) is 17.6. The molecule has 1 atom stereocenters. The van der Waals surface area contributed by atoms with E-state index >= 15 is 0 Å². The predicted molar refractivity (Wildman–Crippen MR) is 105 cm³/mol. The van der Waals surface area contributed by atoms with Gasteiger partial charge in [0.2, 0.25) is 5.95 Å². The maximum absolute atomic E-state index is 14.7. The van der Waals surface area contributed by atoms with Crippen LogP contribution >= 0.6 is 0 Å². The summed E-state index contributed by atoms with van der Waals surface area (Å²) in [5, 5.41) is 12.2. The number of alkyl halides is 5. The highest BCUT2D eigenvalue weighted by Gasteiger charge is 2.46. The molecule has 3 rings (SSSR count). The van der Waals surface area contributed by atoms with Crippen molar-refractivity contribution in [1.82, 2.24) is 19.9 Å². The Morgan fingerprint density at radius 3 is 2.48 bits per heavy atom. The van der Waals surface area contributed by atoms with Gasteiger partial charge in [-0.1, -0.05) is 0 Å². The van der Waals surface area contributed by atoms with Crippen molar-refractivity contribution < 1.29 is 37.7 Å². The first kappa shape index (κ1) is 23.2. The number of hydrogen-bond acceptors (Lipinski definition) is 8. The Hall–Kier alpha value is -3.00. The first-order valence-electron chi connectivity index (χ1n) is 10.00. The van der Waals surface area contributed by atoms with Gasteiger partial charge in [0, 0.05) is 23.9 Å². The second kappa shape index (κ2) is 8.74.